The second kappa shape index (κ2) is 6.01. The first-order valence-electron chi connectivity index (χ1n) is 3.69. The third-order valence-electron chi connectivity index (χ3n) is 0.863. The van der Waals surface area contributed by atoms with E-state index >= 15 is 0 Å². The van der Waals surface area contributed by atoms with Gasteiger partial charge in [0.25, 0.3) is 0 Å². The van der Waals surface area contributed by atoms with E-state index in [9.17, 15) is 4.91 Å². The van der Waals surface area contributed by atoms with Crippen molar-refractivity contribution in [3.63, 3.8) is 0 Å². The van der Waals surface area contributed by atoms with Gasteiger partial charge in [-0.1, -0.05) is 0 Å². The molecule has 11 heavy (non-hydrogen) atoms. The van der Waals surface area contributed by atoms with Crippen LogP contribution in [0, 0.1) is 4.91 Å². The monoisotopic (exact) mass is 353 g/mol. The minimum absolute atomic E-state index is 0.0538. The van der Waals surface area contributed by atoms with Crippen LogP contribution in [0.25, 0.3) is 0 Å². The van der Waals surface area contributed by atoms with Gasteiger partial charge in [-0.15, -0.1) is 0 Å². The van der Waals surface area contributed by atoms with Gasteiger partial charge >= 0.3 is 77.1 Å². The van der Waals surface area contributed by atoms with E-state index in [1.54, 1.807) is 0 Å². The van der Waals surface area contributed by atoms with Crippen LogP contribution in [0.15, 0.2) is 2.99 Å². The molecule has 0 N–H and O–H groups in total. The molecule has 0 amide bonds. The van der Waals surface area contributed by atoms with E-state index in [1.807, 2.05) is 27.7 Å². The number of nitrogens with zero attached hydrogens (tertiary/aromatic N) is 1. The number of nitroso groups, excluding NO2 is 1. The SMILES string of the molecule is CC(C)[O][Tl]([N]=O)[O]C(C)C. The Morgan fingerprint density at radius 3 is 1.64 bits per heavy atom. The van der Waals surface area contributed by atoms with E-state index in [4.69, 9.17) is 5.37 Å². The first-order chi connectivity index (χ1) is 5.06. The fourth-order valence-corrected chi connectivity index (χ4v) is 4.80. The quantitative estimate of drug-likeness (QED) is 0.558. The minimum atomic E-state index is -3.04. The standard InChI is InChI=1S/2C3H7O.NO.Tl/c2*1-3(2)4;1-2;/h2*3H,1-2H3;;/q3*-1;+3. The van der Waals surface area contributed by atoms with Crippen molar-refractivity contribution in [3.8, 4) is 0 Å². The van der Waals surface area contributed by atoms with Gasteiger partial charge in [-0.25, -0.2) is 0 Å². The Bertz CT molecular complexity index is 108. The van der Waals surface area contributed by atoms with E-state index in [2.05, 4.69) is 2.99 Å². The van der Waals surface area contributed by atoms with E-state index in [0.717, 1.165) is 0 Å². The van der Waals surface area contributed by atoms with Gasteiger partial charge in [-0.2, -0.15) is 0 Å². The molecule has 0 saturated carbocycles. The molecule has 0 saturated heterocycles. The summed E-state index contributed by atoms with van der Waals surface area (Å²) in [7, 11) is 0. The Balaban J connectivity index is 3.67. The van der Waals surface area contributed by atoms with Crippen LogP contribution in [-0.4, -0.2) is 36.1 Å². The van der Waals surface area contributed by atoms with Gasteiger partial charge in [-0.05, 0) is 0 Å². The third kappa shape index (κ3) is 6.83. The summed E-state index contributed by atoms with van der Waals surface area (Å²) < 4.78 is 13.4. The molecule has 0 rings (SSSR count). The summed E-state index contributed by atoms with van der Waals surface area (Å²) in [4.78, 5) is 10.2. The summed E-state index contributed by atoms with van der Waals surface area (Å²) in [5, 5.41) is 0. The Kier molecular flexibility index (Phi) is 6.26. The van der Waals surface area contributed by atoms with Gasteiger partial charge < -0.3 is 0 Å². The van der Waals surface area contributed by atoms with Gasteiger partial charge in [0.15, 0.2) is 0 Å². The van der Waals surface area contributed by atoms with E-state index in [0.29, 0.717) is 0 Å². The van der Waals surface area contributed by atoms with Crippen LogP contribution >= 0.6 is 0 Å². The van der Waals surface area contributed by atoms with Gasteiger partial charge in [0.2, 0.25) is 0 Å². The second-order valence-electron chi connectivity index (χ2n) is 2.78. The fraction of sp³-hybridized carbons (Fsp3) is 1.00. The molecule has 0 fully saturated rings. The molecule has 0 bridgehead atoms. The Morgan fingerprint density at radius 1 is 1.09 bits per heavy atom. The average Bonchev–Trinajstić information content (AvgIpc) is 1.84. The average molecular weight is 353 g/mol. The van der Waals surface area contributed by atoms with Gasteiger partial charge in [-0.3, -0.25) is 0 Å². The Morgan fingerprint density at radius 2 is 1.45 bits per heavy atom. The zero-order valence-electron chi connectivity index (χ0n) is 7.40. The maximum atomic E-state index is 10.2. The molecule has 0 aliphatic carbocycles. The van der Waals surface area contributed by atoms with Crippen molar-refractivity contribution in [2.45, 2.75) is 39.9 Å². The predicted octanol–water partition coefficient (Wildman–Crippen LogP) is 1.59. The van der Waals surface area contributed by atoms with E-state index < -0.39 is 23.9 Å². The molecule has 0 unspecified atom stereocenters. The van der Waals surface area contributed by atoms with Crippen LogP contribution in [0.3, 0.4) is 0 Å². The predicted molar refractivity (Wildman–Crippen MR) is 44.0 cm³/mol. The number of rotatable bonds is 5. The molecule has 0 aliphatic rings. The molecule has 0 heterocycles. The molecular formula is C6H14NO3Tl. The van der Waals surface area contributed by atoms with Crippen molar-refractivity contribution in [1.29, 1.82) is 0 Å². The molecule has 5 heteroatoms. The van der Waals surface area contributed by atoms with Crippen molar-refractivity contribution in [1.82, 2.24) is 0 Å². The first kappa shape index (κ1) is 11.4. The third-order valence-corrected chi connectivity index (χ3v) is 7.57. The van der Waals surface area contributed by atoms with E-state index in [-0.39, 0.29) is 12.2 Å². The molecule has 0 spiro atoms. The van der Waals surface area contributed by atoms with Gasteiger partial charge in [0.1, 0.15) is 0 Å². The van der Waals surface area contributed by atoms with Crippen LogP contribution in [-0.2, 0) is 5.37 Å². The topological polar surface area (TPSA) is 47.9 Å². The van der Waals surface area contributed by atoms with Crippen molar-refractivity contribution < 1.29 is 5.37 Å². The maximum absolute atomic E-state index is 10.2. The fourth-order valence-electron chi connectivity index (χ4n) is 0.547. The van der Waals surface area contributed by atoms with Crippen molar-refractivity contribution in [2.24, 2.45) is 2.99 Å². The second-order valence-corrected chi connectivity index (χ2v) is 8.11. The molecule has 4 nitrogen and oxygen atoms in total. The van der Waals surface area contributed by atoms with Crippen molar-refractivity contribution in [2.75, 3.05) is 0 Å². The molecule has 0 radical (unpaired) electrons. The molecule has 64 valence electrons. The number of hydrogen-bond donors (Lipinski definition) is 0. The zero-order valence-corrected chi connectivity index (χ0v) is 11.9. The summed E-state index contributed by atoms with van der Waals surface area (Å²) >= 11 is -3.04. The summed E-state index contributed by atoms with van der Waals surface area (Å²) in [6, 6.07) is 0. The molecule has 0 aromatic rings. The zero-order chi connectivity index (χ0) is 8.85. The first-order valence-corrected chi connectivity index (χ1v) is 9.37. The van der Waals surface area contributed by atoms with Crippen LogP contribution in [0.1, 0.15) is 27.7 Å². The number of hydrogen-bond acceptors (Lipinski definition) is 4. The summed E-state index contributed by atoms with van der Waals surface area (Å²) in [5.74, 6) is 0. The van der Waals surface area contributed by atoms with Gasteiger partial charge in [0.05, 0.1) is 0 Å². The normalized spacial score (nSPS) is 10.7. The van der Waals surface area contributed by atoms with Crippen LogP contribution < -0.4 is 0 Å². The Hall–Kier alpha value is 0.442. The van der Waals surface area contributed by atoms with Crippen molar-refractivity contribution in [3.05, 3.63) is 4.91 Å². The molecule has 0 aromatic carbocycles. The molecule has 0 atom stereocenters. The summed E-state index contributed by atoms with van der Waals surface area (Å²) in [5.41, 5.74) is 0. The summed E-state index contributed by atoms with van der Waals surface area (Å²) in [6.07, 6.45) is 0.108. The van der Waals surface area contributed by atoms with Crippen LogP contribution in [0.2, 0.25) is 0 Å². The summed E-state index contributed by atoms with van der Waals surface area (Å²) in [6.45, 7) is 7.51. The van der Waals surface area contributed by atoms with Crippen LogP contribution in [0.5, 0.6) is 0 Å². The van der Waals surface area contributed by atoms with Crippen LogP contribution in [0.4, 0.5) is 0 Å². The molecule has 0 aliphatic heterocycles. The Labute approximate surface area is 77.1 Å². The molecule has 0 aromatic heterocycles. The van der Waals surface area contributed by atoms with Gasteiger partial charge in [0, 0.05) is 0 Å². The van der Waals surface area contributed by atoms with Crippen molar-refractivity contribution >= 4 is 23.9 Å². The molecular weight excluding hydrogens is 338 g/mol. The van der Waals surface area contributed by atoms with E-state index in [1.165, 1.54) is 0 Å².